The van der Waals surface area contributed by atoms with E-state index in [4.69, 9.17) is 5.73 Å². The average molecular weight is 384 g/mol. The summed E-state index contributed by atoms with van der Waals surface area (Å²) in [5, 5.41) is 5.59. The number of hydrogen-bond donors (Lipinski definition) is 4. The summed E-state index contributed by atoms with van der Waals surface area (Å²) in [6, 6.07) is 7.17. The van der Waals surface area contributed by atoms with Gasteiger partial charge in [0.25, 0.3) is 5.56 Å². The number of urea groups is 1. The SMILES string of the molecule is CCCN1CCCC(NC(=O)Nc2nc(=O)c(-c3ccc(CN)cc3)c[nH]2)C1. The summed E-state index contributed by atoms with van der Waals surface area (Å²) in [5.41, 5.74) is 7.37. The van der Waals surface area contributed by atoms with Gasteiger partial charge in [-0.1, -0.05) is 31.2 Å². The van der Waals surface area contributed by atoms with E-state index < -0.39 is 5.56 Å². The quantitative estimate of drug-likeness (QED) is 0.607. The van der Waals surface area contributed by atoms with E-state index in [2.05, 4.69) is 32.4 Å². The number of likely N-dealkylation sites (tertiary alicyclic amines) is 1. The number of H-pyrrole nitrogens is 1. The van der Waals surface area contributed by atoms with Crippen molar-refractivity contribution in [3.05, 3.63) is 46.4 Å². The Kier molecular flexibility index (Phi) is 6.78. The van der Waals surface area contributed by atoms with Crippen molar-refractivity contribution in [2.45, 2.75) is 38.8 Å². The van der Waals surface area contributed by atoms with Crippen LogP contribution in [0.3, 0.4) is 0 Å². The van der Waals surface area contributed by atoms with Crippen LogP contribution in [0.5, 0.6) is 0 Å². The molecule has 3 rings (SSSR count). The van der Waals surface area contributed by atoms with Gasteiger partial charge in [-0.05, 0) is 43.5 Å². The van der Waals surface area contributed by atoms with Gasteiger partial charge >= 0.3 is 6.03 Å². The minimum atomic E-state index is -0.402. The van der Waals surface area contributed by atoms with Gasteiger partial charge in [0.1, 0.15) is 0 Å². The molecule has 0 bridgehead atoms. The van der Waals surface area contributed by atoms with E-state index in [1.54, 1.807) is 6.20 Å². The average Bonchev–Trinajstić information content (AvgIpc) is 2.69. The molecule has 2 amide bonds. The number of rotatable bonds is 6. The van der Waals surface area contributed by atoms with E-state index in [9.17, 15) is 9.59 Å². The molecule has 1 saturated heterocycles. The first-order chi connectivity index (χ1) is 13.6. The molecule has 2 heterocycles. The second-order valence-electron chi connectivity index (χ2n) is 7.11. The molecule has 28 heavy (non-hydrogen) atoms. The van der Waals surface area contributed by atoms with E-state index in [0.717, 1.165) is 50.0 Å². The van der Waals surface area contributed by atoms with Crippen LogP contribution >= 0.6 is 0 Å². The molecule has 1 fully saturated rings. The highest BCUT2D eigenvalue weighted by Gasteiger charge is 2.21. The zero-order valence-corrected chi connectivity index (χ0v) is 16.2. The third-order valence-corrected chi connectivity index (χ3v) is 4.91. The van der Waals surface area contributed by atoms with Gasteiger partial charge in [0.15, 0.2) is 0 Å². The van der Waals surface area contributed by atoms with Gasteiger partial charge < -0.3 is 20.9 Å². The van der Waals surface area contributed by atoms with Crippen molar-refractivity contribution in [1.29, 1.82) is 0 Å². The summed E-state index contributed by atoms with van der Waals surface area (Å²) in [7, 11) is 0. The third-order valence-electron chi connectivity index (χ3n) is 4.91. The molecule has 8 heteroatoms. The van der Waals surface area contributed by atoms with E-state index in [0.29, 0.717) is 12.1 Å². The molecule has 2 aromatic rings. The molecule has 1 aromatic heterocycles. The lowest BCUT2D eigenvalue weighted by molar-refractivity contribution is 0.190. The fourth-order valence-electron chi connectivity index (χ4n) is 3.51. The van der Waals surface area contributed by atoms with E-state index >= 15 is 0 Å². The van der Waals surface area contributed by atoms with Crippen molar-refractivity contribution in [3.63, 3.8) is 0 Å². The minimum Gasteiger partial charge on any atom is -0.334 e. The van der Waals surface area contributed by atoms with Crippen molar-refractivity contribution in [3.8, 4) is 11.1 Å². The highest BCUT2D eigenvalue weighted by Crippen LogP contribution is 2.16. The van der Waals surface area contributed by atoms with E-state index in [1.165, 1.54) is 0 Å². The predicted molar refractivity (Wildman–Crippen MR) is 110 cm³/mol. The van der Waals surface area contributed by atoms with Gasteiger partial charge in [0, 0.05) is 25.3 Å². The van der Waals surface area contributed by atoms with Crippen molar-refractivity contribution >= 4 is 12.0 Å². The number of hydrogen-bond acceptors (Lipinski definition) is 5. The Balaban J connectivity index is 1.60. The van der Waals surface area contributed by atoms with Gasteiger partial charge in [0.2, 0.25) is 5.95 Å². The van der Waals surface area contributed by atoms with Crippen LogP contribution in [-0.4, -0.2) is 46.6 Å². The molecule has 1 aliphatic rings. The maximum atomic E-state index is 12.3. The molecular weight excluding hydrogens is 356 g/mol. The van der Waals surface area contributed by atoms with Crippen LogP contribution in [-0.2, 0) is 6.54 Å². The Hall–Kier alpha value is -2.71. The molecule has 0 saturated carbocycles. The predicted octanol–water partition coefficient (Wildman–Crippen LogP) is 1.89. The maximum Gasteiger partial charge on any atom is 0.321 e. The van der Waals surface area contributed by atoms with Gasteiger partial charge in [-0.25, -0.2) is 4.79 Å². The first kappa shape index (κ1) is 20.0. The molecule has 5 N–H and O–H groups in total. The minimum absolute atomic E-state index is 0.104. The number of piperidine rings is 1. The normalized spacial score (nSPS) is 17.3. The van der Waals surface area contributed by atoms with Crippen LogP contribution in [0.15, 0.2) is 35.3 Å². The summed E-state index contributed by atoms with van der Waals surface area (Å²) in [6.07, 6.45) is 4.68. The van der Waals surface area contributed by atoms with Crippen molar-refractivity contribution in [2.75, 3.05) is 25.0 Å². The smallest absolute Gasteiger partial charge is 0.321 e. The number of aromatic nitrogens is 2. The number of nitrogens with zero attached hydrogens (tertiary/aromatic N) is 2. The van der Waals surface area contributed by atoms with Gasteiger partial charge in [-0.2, -0.15) is 4.98 Å². The first-order valence-electron chi connectivity index (χ1n) is 9.78. The summed E-state index contributed by atoms with van der Waals surface area (Å²) in [4.78, 5) is 33.8. The standard InChI is InChI=1S/C20H28N6O2/c1-2-9-26-10-3-4-16(13-26)23-20(28)25-19-22-12-17(18(27)24-19)15-7-5-14(11-21)6-8-15/h5-8,12,16H,2-4,9-11,13,21H2,1H3,(H3,22,23,24,25,27,28). The molecule has 0 aliphatic carbocycles. The zero-order chi connectivity index (χ0) is 19.9. The Morgan fingerprint density at radius 2 is 2.14 bits per heavy atom. The monoisotopic (exact) mass is 384 g/mol. The second kappa shape index (κ2) is 9.48. The third kappa shape index (κ3) is 5.17. The largest absolute Gasteiger partial charge is 0.334 e. The molecular formula is C20H28N6O2. The maximum absolute atomic E-state index is 12.3. The molecule has 1 aliphatic heterocycles. The Bertz CT molecular complexity index is 847. The van der Waals surface area contributed by atoms with E-state index in [-0.39, 0.29) is 18.0 Å². The summed E-state index contributed by atoms with van der Waals surface area (Å²) < 4.78 is 0. The Labute approximate surface area is 164 Å². The lowest BCUT2D eigenvalue weighted by Gasteiger charge is -2.32. The van der Waals surface area contributed by atoms with Crippen LogP contribution < -0.4 is 21.9 Å². The molecule has 0 radical (unpaired) electrons. The second-order valence-corrected chi connectivity index (χ2v) is 7.11. The fraction of sp³-hybridized carbons (Fsp3) is 0.450. The number of carbonyl (C=O) groups is 1. The van der Waals surface area contributed by atoms with Gasteiger partial charge in [-0.3, -0.25) is 10.1 Å². The summed E-state index contributed by atoms with van der Waals surface area (Å²) >= 11 is 0. The van der Waals surface area contributed by atoms with Crippen LogP contribution in [0.25, 0.3) is 11.1 Å². The summed E-state index contributed by atoms with van der Waals surface area (Å²) in [5.74, 6) is 0.131. The van der Waals surface area contributed by atoms with Crippen molar-refractivity contribution in [1.82, 2.24) is 20.2 Å². The van der Waals surface area contributed by atoms with Crippen LogP contribution in [0.1, 0.15) is 31.7 Å². The number of carbonyl (C=O) groups excluding carboxylic acids is 1. The molecule has 8 nitrogen and oxygen atoms in total. The summed E-state index contributed by atoms with van der Waals surface area (Å²) in [6.45, 7) is 5.58. The molecule has 1 aromatic carbocycles. The van der Waals surface area contributed by atoms with Gasteiger partial charge in [-0.15, -0.1) is 0 Å². The molecule has 1 unspecified atom stereocenters. The number of aromatic amines is 1. The lowest BCUT2D eigenvalue weighted by atomic mass is 10.1. The molecule has 1 atom stereocenters. The Morgan fingerprint density at radius 1 is 1.36 bits per heavy atom. The molecule has 0 spiro atoms. The fourth-order valence-corrected chi connectivity index (χ4v) is 3.51. The van der Waals surface area contributed by atoms with Crippen LogP contribution in [0.2, 0.25) is 0 Å². The van der Waals surface area contributed by atoms with Gasteiger partial charge in [0.05, 0.1) is 5.56 Å². The van der Waals surface area contributed by atoms with E-state index in [1.807, 2.05) is 24.3 Å². The number of anilines is 1. The van der Waals surface area contributed by atoms with Crippen LogP contribution in [0, 0.1) is 0 Å². The number of nitrogens with two attached hydrogens (primary N) is 1. The van der Waals surface area contributed by atoms with Crippen molar-refractivity contribution < 1.29 is 4.79 Å². The molecule has 150 valence electrons. The van der Waals surface area contributed by atoms with Crippen molar-refractivity contribution in [2.24, 2.45) is 5.73 Å². The first-order valence-corrected chi connectivity index (χ1v) is 9.78. The topological polar surface area (TPSA) is 116 Å². The lowest BCUT2D eigenvalue weighted by Crippen LogP contribution is -2.49. The number of nitrogens with one attached hydrogen (secondary N) is 3. The Morgan fingerprint density at radius 3 is 2.82 bits per heavy atom. The highest BCUT2D eigenvalue weighted by molar-refractivity contribution is 5.87. The number of amides is 2. The van der Waals surface area contributed by atoms with Crippen LogP contribution in [0.4, 0.5) is 10.7 Å². The highest BCUT2D eigenvalue weighted by atomic mass is 16.2. The number of benzene rings is 1. The zero-order valence-electron chi connectivity index (χ0n) is 16.2.